The van der Waals surface area contributed by atoms with Crippen LogP contribution in [0.5, 0.6) is 0 Å². The maximum Gasteiger partial charge on any atom is 0.227 e. The first-order valence-corrected chi connectivity index (χ1v) is 6.42. The molecule has 0 saturated carbocycles. The van der Waals surface area contributed by atoms with E-state index in [4.69, 9.17) is 0 Å². The first-order chi connectivity index (χ1) is 7.75. The van der Waals surface area contributed by atoms with Crippen LogP contribution in [0.15, 0.2) is 0 Å². The number of nitrogens with one attached hydrogen (secondary N) is 2. The van der Waals surface area contributed by atoms with E-state index in [1.165, 1.54) is 0 Å². The molecule has 0 bridgehead atoms. The van der Waals surface area contributed by atoms with Crippen molar-refractivity contribution in [3.63, 3.8) is 0 Å². The molecule has 0 spiro atoms. The zero-order valence-corrected chi connectivity index (χ0v) is 11.5. The fourth-order valence-electron chi connectivity index (χ4n) is 2.42. The van der Waals surface area contributed by atoms with E-state index >= 15 is 0 Å². The molecule has 3 N–H and O–H groups in total. The van der Waals surface area contributed by atoms with Crippen molar-refractivity contribution in [2.75, 3.05) is 19.6 Å². The molecular weight excluding hydrogens is 216 g/mol. The van der Waals surface area contributed by atoms with Crippen molar-refractivity contribution in [1.29, 1.82) is 0 Å². The predicted molar refractivity (Wildman–Crippen MR) is 68.7 cm³/mol. The molecule has 4 nitrogen and oxygen atoms in total. The Labute approximate surface area is 104 Å². The van der Waals surface area contributed by atoms with Gasteiger partial charge in [0, 0.05) is 13.1 Å². The molecule has 1 fully saturated rings. The first-order valence-electron chi connectivity index (χ1n) is 6.42. The molecule has 1 heterocycles. The molecule has 1 saturated heterocycles. The number of amides is 1. The third-order valence-corrected chi connectivity index (χ3v) is 3.49. The van der Waals surface area contributed by atoms with Crippen LogP contribution in [-0.4, -0.2) is 36.8 Å². The van der Waals surface area contributed by atoms with Crippen LogP contribution >= 0.6 is 0 Å². The van der Waals surface area contributed by atoms with Crippen molar-refractivity contribution in [3.05, 3.63) is 0 Å². The summed E-state index contributed by atoms with van der Waals surface area (Å²) >= 11 is 0. The smallest absolute Gasteiger partial charge is 0.227 e. The van der Waals surface area contributed by atoms with Crippen LogP contribution in [0.3, 0.4) is 0 Å². The lowest BCUT2D eigenvalue weighted by molar-refractivity contribution is -0.129. The Kier molecular flexibility index (Phi) is 4.55. The maximum absolute atomic E-state index is 12.1. The van der Waals surface area contributed by atoms with E-state index in [2.05, 4.69) is 24.5 Å². The van der Waals surface area contributed by atoms with Crippen LogP contribution in [0, 0.1) is 10.8 Å². The van der Waals surface area contributed by atoms with Gasteiger partial charge in [0.25, 0.3) is 0 Å². The van der Waals surface area contributed by atoms with Gasteiger partial charge in [-0.15, -0.1) is 0 Å². The van der Waals surface area contributed by atoms with E-state index in [1.54, 1.807) is 6.92 Å². The summed E-state index contributed by atoms with van der Waals surface area (Å²) in [6.45, 7) is 10.2. The van der Waals surface area contributed by atoms with Gasteiger partial charge >= 0.3 is 0 Å². The van der Waals surface area contributed by atoms with Gasteiger partial charge in [-0.05, 0) is 38.6 Å². The van der Waals surface area contributed by atoms with Crippen molar-refractivity contribution in [1.82, 2.24) is 10.6 Å². The molecule has 1 aliphatic heterocycles. The van der Waals surface area contributed by atoms with E-state index in [0.29, 0.717) is 13.0 Å². The zero-order valence-electron chi connectivity index (χ0n) is 11.5. The second-order valence-corrected chi connectivity index (χ2v) is 6.39. The van der Waals surface area contributed by atoms with Crippen LogP contribution in [-0.2, 0) is 4.79 Å². The minimum absolute atomic E-state index is 0.0633. The van der Waals surface area contributed by atoms with Crippen molar-refractivity contribution in [3.8, 4) is 0 Å². The van der Waals surface area contributed by atoms with E-state index in [0.717, 1.165) is 19.5 Å². The second kappa shape index (κ2) is 5.36. The fourth-order valence-corrected chi connectivity index (χ4v) is 2.42. The Morgan fingerprint density at radius 2 is 2.24 bits per heavy atom. The van der Waals surface area contributed by atoms with E-state index < -0.39 is 0 Å². The number of hydrogen-bond donors (Lipinski definition) is 3. The van der Waals surface area contributed by atoms with Gasteiger partial charge in [-0.25, -0.2) is 0 Å². The summed E-state index contributed by atoms with van der Waals surface area (Å²) in [4.78, 5) is 12.1. The zero-order chi connectivity index (χ0) is 13.1. The van der Waals surface area contributed by atoms with Gasteiger partial charge in [-0.3, -0.25) is 4.79 Å². The Balaban J connectivity index is 2.42. The lowest BCUT2D eigenvalue weighted by atomic mass is 9.85. The Bertz CT molecular complexity index is 269. The topological polar surface area (TPSA) is 61.4 Å². The molecule has 0 aromatic heterocycles. The van der Waals surface area contributed by atoms with Crippen molar-refractivity contribution in [2.24, 2.45) is 10.8 Å². The molecule has 1 rings (SSSR count). The number of rotatable bonds is 5. The Morgan fingerprint density at radius 1 is 1.59 bits per heavy atom. The summed E-state index contributed by atoms with van der Waals surface area (Å²) in [5.41, 5.74) is -0.326. The highest BCUT2D eigenvalue weighted by Gasteiger charge is 2.36. The number of carbonyl (C=O) groups is 1. The van der Waals surface area contributed by atoms with Gasteiger partial charge in [-0.1, -0.05) is 13.8 Å². The third-order valence-electron chi connectivity index (χ3n) is 3.49. The van der Waals surface area contributed by atoms with E-state index in [-0.39, 0.29) is 22.8 Å². The number of carbonyl (C=O) groups excluding carboxylic acids is 1. The highest BCUT2D eigenvalue weighted by molar-refractivity contribution is 5.82. The van der Waals surface area contributed by atoms with Crippen molar-refractivity contribution in [2.45, 2.75) is 46.6 Å². The summed E-state index contributed by atoms with van der Waals surface area (Å²) in [5, 5.41) is 15.6. The summed E-state index contributed by atoms with van der Waals surface area (Å²) in [6.07, 6.45) is 1.27. The van der Waals surface area contributed by atoms with Crippen molar-refractivity contribution < 1.29 is 9.90 Å². The molecular formula is C13H26N2O2. The summed E-state index contributed by atoms with van der Waals surface area (Å²) < 4.78 is 0. The summed E-state index contributed by atoms with van der Waals surface area (Å²) in [7, 11) is 0. The van der Waals surface area contributed by atoms with Crippen LogP contribution in [0.25, 0.3) is 0 Å². The summed E-state index contributed by atoms with van der Waals surface area (Å²) in [5.74, 6) is 0.126. The molecule has 0 aromatic carbocycles. The monoisotopic (exact) mass is 242 g/mol. The van der Waals surface area contributed by atoms with Gasteiger partial charge in [-0.2, -0.15) is 0 Å². The predicted octanol–water partition coefficient (Wildman–Crippen LogP) is 0.899. The SMILES string of the molecule is CC(O)CC(C)(C)CNC(=O)C1(C)CCNC1. The number of aliphatic hydroxyl groups excluding tert-OH is 1. The lowest BCUT2D eigenvalue weighted by Gasteiger charge is -2.29. The molecule has 0 aromatic rings. The van der Waals surface area contributed by atoms with Crippen molar-refractivity contribution >= 4 is 5.91 Å². The van der Waals surface area contributed by atoms with E-state index in [1.807, 2.05) is 6.92 Å². The molecule has 100 valence electrons. The molecule has 2 unspecified atom stereocenters. The minimum Gasteiger partial charge on any atom is -0.393 e. The van der Waals surface area contributed by atoms with Gasteiger partial charge in [0.1, 0.15) is 0 Å². The average molecular weight is 242 g/mol. The van der Waals surface area contributed by atoms with E-state index in [9.17, 15) is 9.90 Å². The minimum atomic E-state index is -0.328. The molecule has 0 aliphatic carbocycles. The third kappa shape index (κ3) is 4.28. The summed E-state index contributed by atoms with van der Waals surface area (Å²) in [6, 6.07) is 0. The number of aliphatic hydroxyl groups is 1. The molecule has 1 amide bonds. The lowest BCUT2D eigenvalue weighted by Crippen LogP contribution is -2.44. The Hall–Kier alpha value is -0.610. The first kappa shape index (κ1) is 14.5. The molecule has 1 aliphatic rings. The van der Waals surface area contributed by atoms with Crippen LogP contribution in [0.4, 0.5) is 0 Å². The largest absolute Gasteiger partial charge is 0.393 e. The van der Waals surface area contributed by atoms with Crippen LogP contribution < -0.4 is 10.6 Å². The molecule has 0 radical (unpaired) electrons. The highest BCUT2D eigenvalue weighted by atomic mass is 16.3. The van der Waals surface area contributed by atoms with Crippen LogP contribution in [0.2, 0.25) is 0 Å². The normalized spacial score (nSPS) is 26.9. The standard InChI is InChI=1S/C13H26N2O2/c1-10(16)7-12(2,3)8-15-11(17)13(4)5-6-14-9-13/h10,14,16H,5-9H2,1-4H3,(H,15,17). The highest BCUT2D eigenvalue weighted by Crippen LogP contribution is 2.26. The molecule has 2 atom stereocenters. The Morgan fingerprint density at radius 3 is 2.71 bits per heavy atom. The van der Waals surface area contributed by atoms with Gasteiger partial charge in [0.05, 0.1) is 11.5 Å². The molecule has 17 heavy (non-hydrogen) atoms. The van der Waals surface area contributed by atoms with Gasteiger partial charge in [0.15, 0.2) is 0 Å². The average Bonchev–Trinajstić information content (AvgIpc) is 2.61. The fraction of sp³-hybridized carbons (Fsp3) is 0.923. The molecule has 4 heteroatoms. The van der Waals surface area contributed by atoms with Gasteiger partial charge < -0.3 is 15.7 Å². The number of hydrogen-bond acceptors (Lipinski definition) is 3. The van der Waals surface area contributed by atoms with Gasteiger partial charge in [0.2, 0.25) is 5.91 Å². The van der Waals surface area contributed by atoms with Crippen LogP contribution in [0.1, 0.15) is 40.5 Å². The quantitative estimate of drug-likeness (QED) is 0.671. The second-order valence-electron chi connectivity index (χ2n) is 6.39. The maximum atomic E-state index is 12.1.